The maximum absolute atomic E-state index is 2.50. The van der Waals surface area contributed by atoms with E-state index in [9.17, 15) is 0 Å². The van der Waals surface area contributed by atoms with E-state index in [1.54, 1.807) is 15.6 Å². The van der Waals surface area contributed by atoms with E-state index in [0.29, 0.717) is 0 Å². The first-order valence-corrected chi connectivity index (χ1v) is 13.8. The Morgan fingerprint density at radius 2 is 0.548 bits per heavy atom. The standard InChI is InChI=1S/C30H39Si/c1-7-22-13-23(8-2)17-28(16-22)31(29-18-24(9-3)14-25(10-4)19-29)30-20-26(11-5)15-27(12-6)21-30/h13-21H,7-12H2,1-6H3. The quantitative estimate of drug-likeness (QED) is 0.309. The lowest BCUT2D eigenvalue weighted by Gasteiger charge is -2.22. The number of aryl methyl sites for hydroxylation is 6. The molecular weight excluding hydrogens is 388 g/mol. The topological polar surface area (TPSA) is 0 Å². The van der Waals surface area contributed by atoms with E-state index in [-0.39, 0.29) is 0 Å². The molecule has 31 heavy (non-hydrogen) atoms. The molecule has 1 heteroatoms. The first-order chi connectivity index (χ1) is 15.0. The summed E-state index contributed by atoms with van der Waals surface area (Å²) in [5.41, 5.74) is 8.84. The van der Waals surface area contributed by atoms with Crippen LogP contribution < -0.4 is 15.6 Å². The zero-order valence-corrected chi connectivity index (χ0v) is 21.4. The molecule has 0 N–H and O–H groups in total. The van der Waals surface area contributed by atoms with Crippen LogP contribution in [0.15, 0.2) is 54.6 Å². The monoisotopic (exact) mass is 427 g/mol. The third-order valence-corrected chi connectivity index (χ3v) is 9.07. The molecule has 3 aromatic carbocycles. The molecule has 3 rings (SSSR count). The summed E-state index contributed by atoms with van der Waals surface area (Å²) in [6.45, 7) is 13.7. The van der Waals surface area contributed by atoms with E-state index < -0.39 is 8.80 Å². The Morgan fingerprint density at radius 3 is 0.710 bits per heavy atom. The van der Waals surface area contributed by atoms with Crippen molar-refractivity contribution in [3.63, 3.8) is 0 Å². The van der Waals surface area contributed by atoms with E-state index in [4.69, 9.17) is 0 Å². The zero-order chi connectivity index (χ0) is 22.4. The molecule has 0 saturated carbocycles. The summed E-state index contributed by atoms with van der Waals surface area (Å²) in [4.78, 5) is 0. The van der Waals surface area contributed by atoms with E-state index in [1.807, 2.05) is 0 Å². The fourth-order valence-electron chi connectivity index (χ4n) is 4.45. The van der Waals surface area contributed by atoms with Gasteiger partial charge in [0, 0.05) is 0 Å². The maximum Gasteiger partial charge on any atom is 0.154 e. The predicted molar refractivity (Wildman–Crippen MR) is 140 cm³/mol. The van der Waals surface area contributed by atoms with Gasteiger partial charge in [0.15, 0.2) is 8.80 Å². The highest BCUT2D eigenvalue weighted by Crippen LogP contribution is 2.12. The largest absolute Gasteiger partial charge is 0.154 e. The summed E-state index contributed by atoms with van der Waals surface area (Å²) in [7, 11) is -1.07. The number of benzene rings is 3. The zero-order valence-electron chi connectivity index (χ0n) is 20.4. The molecule has 0 unspecified atom stereocenters. The Hall–Kier alpha value is -2.12. The van der Waals surface area contributed by atoms with Gasteiger partial charge < -0.3 is 0 Å². The lowest BCUT2D eigenvalue weighted by Crippen LogP contribution is -2.52. The Labute approximate surface area is 192 Å². The van der Waals surface area contributed by atoms with Crippen LogP contribution in [-0.2, 0) is 38.5 Å². The summed E-state index contributed by atoms with van der Waals surface area (Å²) < 4.78 is 0. The minimum Gasteiger partial charge on any atom is -0.0613 e. The fraction of sp³-hybridized carbons (Fsp3) is 0.400. The molecule has 3 aromatic rings. The van der Waals surface area contributed by atoms with Crippen molar-refractivity contribution in [3.8, 4) is 0 Å². The molecule has 0 heterocycles. The first-order valence-electron chi connectivity index (χ1n) is 12.3. The van der Waals surface area contributed by atoms with Crippen LogP contribution >= 0.6 is 0 Å². The second-order valence-electron chi connectivity index (χ2n) is 8.61. The van der Waals surface area contributed by atoms with Gasteiger partial charge in [0.2, 0.25) is 0 Å². The molecule has 0 aliphatic carbocycles. The van der Waals surface area contributed by atoms with Gasteiger partial charge in [0.25, 0.3) is 0 Å². The van der Waals surface area contributed by atoms with Crippen molar-refractivity contribution in [1.82, 2.24) is 0 Å². The van der Waals surface area contributed by atoms with Crippen molar-refractivity contribution in [3.05, 3.63) is 88.0 Å². The molecule has 163 valence electrons. The molecule has 0 nitrogen and oxygen atoms in total. The molecule has 0 atom stereocenters. The summed E-state index contributed by atoms with van der Waals surface area (Å²) >= 11 is 0. The van der Waals surface area contributed by atoms with E-state index in [1.165, 1.54) is 33.4 Å². The SMILES string of the molecule is CCc1cc(CC)cc([Si](c2cc(CC)cc(CC)c2)c2cc(CC)cc(CC)c2)c1. The molecule has 0 aliphatic heterocycles. The summed E-state index contributed by atoms with van der Waals surface area (Å²) in [6.07, 6.45) is 6.59. The van der Waals surface area contributed by atoms with E-state index >= 15 is 0 Å². The smallest absolute Gasteiger partial charge is 0.0613 e. The van der Waals surface area contributed by atoms with Gasteiger partial charge in [-0.05, 0) is 71.9 Å². The fourth-order valence-corrected chi connectivity index (χ4v) is 7.42. The van der Waals surface area contributed by atoms with Crippen molar-refractivity contribution >= 4 is 24.4 Å². The number of hydrogen-bond acceptors (Lipinski definition) is 0. The van der Waals surface area contributed by atoms with Crippen LogP contribution in [0.3, 0.4) is 0 Å². The Balaban J connectivity index is 2.30. The Bertz CT molecular complexity index is 816. The van der Waals surface area contributed by atoms with Crippen molar-refractivity contribution < 1.29 is 0 Å². The van der Waals surface area contributed by atoms with Gasteiger partial charge in [0.1, 0.15) is 0 Å². The van der Waals surface area contributed by atoms with Crippen LogP contribution in [-0.4, -0.2) is 8.80 Å². The molecule has 0 saturated heterocycles. The molecular formula is C30H39Si. The van der Waals surface area contributed by atoms with Gasteiger partial charge in [-0.15, -0.1) is 0 Å². The van der Waals surface area contributed by atoms with Crippen LogP contribution in [0.1, 0.15) is 74.9 Å². The second-order valence-corrected chi connectivity index (χ2v) is 11.1. The van der Waals surface area contributed by atoms with Gasteiger partial charge in [-0.1, -0.05) is 112 Å². The normalized spacial score (nSPS) is 11.3. The van der Waals surface area contributed by atoms with Crippen LogP contribution in [0, 0.1) is 0 Å². The van der Waals surface area contributed by atoms with Crippen molar-refractivity contribution in [2.24, 2.45) is 0 Å². The van der Waals surface area contributed by atoms with Crippen LogP contribution in [0.5, 0.6) is 0 Å². The van der Waals surface area contributed by atoms with E-state index in [0.717, 1.165) is 38.5 Å². The summed E-state index contributed by atoms with van der Waals surface area (Å²) in [6, 6.07) is 22.2. The van der Waals surface area contributed by atoms with Crippen LogP contribution in [0.25, 0.3) is 0 Å². The highest BCUT2D eigenvalue weighted by atomic mass is 28.3. The highest BCUT2D eigenvalue weighted by Gasteiger charge is 2.22. The van der Waals surface area contributed by atoms with Crippen molar-refractivity contribution in [2.75, 3.05) is 0 Å². The average molecular weight is 428 g/mol. The van der Waals surface area contributed by atoms with Crippen molar-refractivity contribution in [1.29, 1.82) is 0 Å². The third-order valence-electron chi connectivity index (χ3n) is 6.47. The summed E-state index contributed by atoms with van der Waals surface area (Å²) in [5.74, 6) is 0. The first kappa shape index (κ1) is 23.5. The van der Waals surface area contributed by atoms with Gasteiger partial charge >= 0.3 is 0 Å². The molecule has 1 radical (unpaired) electrons. The average Bonchev–Trinajstić information content (AvgIpc) is 2.83. The molecule has 0 bridgehead atoms. The van der Waals surface area contributed by atoms with Crippen LogP contribution in [0.4, 0.5) is 0 Å². The molecule has 0 spiro atoms. The lowest BCUT2D eigenvalue weighted by atomic mass is 10.1. The minimum absolute atomic E-state index is 1.07. The molecule has 0 aliphatic rings. The van der Waals surface area contributed by atoms with Gasteiger partial charge in [-0.25, -0.2) is 0 Å². The predicted octanol–water partition coefficient (Wildman–Crippen LogP) is 5.58. The number of rotatable bonds is 9. The van der Waals surface area contributed by atoms with Gasteiger partial charge in [-0.2, -0.15) is 0 Å². The molecule has 0 aromatic heterocycles. The molecule has 0 fully saturated rings. The summed E-state index contributed by atoms with van der Waals surface area (Å²) in [5, 5.41) is 4.64. The molecule has 0 amide bonds. The Morgan fingerprint density at radius 1 is 0.355 bits per heavy atom. The highest BCUT2D eigenvalue weighted by molar-refractivity contribution is 6.95. The maximum atomic E-state index is 2.50. The van der Waals surface area contributed by atoms with Gasteiger partial charge in [-0.3, -0.25) is 0 Å². The van der Waals surface area contributed by atoms with E-state index in [2.05, 4.69) is 96.1 Å². The van der Waals surface area contributed by atoms with Crippen LogP contribution in [0.2, 0.25) is 0 Å². The van der Waals surface area contributed by atoms with Crippen molar-refractivity contribution in [2.45, 2.75) is 80.1 Å². The second kappa shape index (κ2) is 11.0. The number of hydrogen-bond donors (Lipinski definition) is 0. The third kappa shape index (κ3) is 5.57. The van der Waals surface area contributed by atoms with Gasteiger partial charge in [0.05, 0.1) is 0 Å². The minimum atomic E-state index is -1.07. The lowest BCUT2D eigenvalue weighted by molar-refractivity contribution is 1.09. The Kier molecular flexibility index (Phi) is 8.32.